The van der Waals surface area contributed by atoms with Crippen LogP contribution >= 0.6 is 11.8 Å². The largest absolute Gasteiger partial charge is 0.508 e. The minimum absolute atomic E-state index is 0.0158. The third-order valence-corrected chi connectivity index (χ3v) is 8.25. The molecule has 0 spiro atoms. The maximum absolute atomic E-state index is 13.4. The number of carbonyl (C=O) groups is 6. The molecule has 3 rings (SSSR count). The number of amides is 4. The van der Waals surface area contributed by atoms with E-state index < -0.39 is 96.6 Å². The molecule has 17 nitrogen and oxygen atoms in total. The van der Waals surface area contributed by atoms with Crippen molar-refractivity contribution in [3.8, 4) is 11.5 Å². The summed E-state index contributed by atoms with van der Waals surface area (Å²) < 4.78 is 5.31. The SMILES string of the molecule is Cc1c(O)cc(O)c2c1C(=O)OC[C@H](NC(=O)[C@@H]1[C@H](O)CCN1C(=O)C(N)CO)C(=O)N[C@H](C(=O)N[C@@H](C)C(=O)O)CSC2. The molecule has 10 N–H and O–H groups in total. The number of fused-ring (bicyclic) bond motifs is 1. The first kappa shape index (κ1) is 34.4. The highest BCUT2D eigenvalue weighted by atomic mass is 32.2. The topological polar surface area (TPSA) is 278 Å². The number of carboxylic acid groups (broad SMARTS) is 1. The molecule has 0 saturated carbocycles. The lowest BCUT2D eigenvalue weighted by Crippen LogP contribution is -2.61. The van der Waals surface area contributed by atoms with Crippen molar-refractivity contribution in [1.82, 2.24) is 20.9 Å². The van der Waals surface area contributed by atoms with Crippen LogP contribution in [0.4, 0.5) is 0 Å². The van der Waals surface area contributed by atoms with Crippen molar-refractivity contribution in [1.29, 1.82) is 0 Å². The molecule has 0 radical (unpaired) electrons. The van der Waals surface area contributed by atoms with Crippen LogP contribution in [0, 0.1) is 6.92 Å². The van der Waals surface area contributed by atoms with Gasteiger partial charge >= 0.3 is 11.9 Å². The van der Waals surface area contributed by atoms with Gasteiger partial charge in [-0.2, -0.15) is 11.8 Å². The number of ether oxygens (including phenoxy) is 1. The predicted octanol–water partition coefficient (Wildman–Crippen LogP) is -3.35. The van der Waals surface area contributed by atoms with E-state index in [1.165, 1.54) is 13.8 Å². The second-order valence-corrected chi connectivity index (χ2v) is 11.3. The fourth-order valence-electron chi connectivity index (χ4n) is 4.64. The molecular formula is C26H35N5O12S. The van der Waals surface area contributed by atoms with Gasteiger partial charge in [0.25, 0.3) is 0 Å². The summed E-state index contributed by atoms with van der Waals surface area (Å²) in [5, 5.41) is 56.6. The number of nitrogens with two attached hydrogens (primary N) is 1. The number of carboxylic acids is 1. The molecule has 18 heteroatoms. The van der Waals surface area contributed by atoms with Crippen molar-refractivity contribution in [2.24, 2.45) is 5.73 Å². The van der Waals surface area contributed by atoms with Gasteiger partial charge in [0.15, 0.2) is 0 Å². The zero-order valence-corrected chi connectivity index (χ0v) is 24.6. The summed E-state index contributed by atoms with van der Waals surface area (Å²) in [7, 11) is 0. The van der Waals surface area contributed by atoms with Crippen LogP contribution in [0.5, 0.6) is 11.5 Å². The van der Waals surface area contributed by atoms with Gasteiger partial charge in [0.1, 0.15) is 48.3 Å². The van der Waals surface area contributed by atoms with Crippen molar-refractivity contribution in [3.63, 3.8) is 0 Å². The monoisotopic (exact) mass is 641 g/mol. The number of hydrogen-bond donors (Lipinski definition) is 9. The van der Waals surface area contributed by atoms with Gasteiger partial charge in [0.2, 0.25) is 23.6 Å². The molecule has 4 amide bonds. The van der Waals surface area contributed by atoms with E-state index in [0.29, 0.717) is 0 Å². The standard InChI is InChI=1S/C26H35N5O12S/c1-10-17(34)5-18(35)12-8-44-9-15(22(37)28-11(2)25(40)41)30-21(36)14(7-43-26(42)19(10)12)29-23(38)20-16(33)3-4-31(20)24(39)13(27)6-32/h5,11,13-16,20,32-35H,3-4,6-9,27H2,1-2H3,(H,28,37)(H,29,38)(H,30,36)(H,40,41)/t11-,13?,14-,15-,16+,20-/m0/s1. The van der Waals surface area contributed by atoms with Crippen LogP contribution in [-0.2, 0) is 34.5 Å². The molecule has 0 aliphatic carbocycles. The molecule has 1 aromatic rings. The van der Waals surface area contributed by atoms with Crippen molar-refractivity contribution < 1.29 is 59.0 Å². The van der Waals surface area contributed by atoms with Crippen LogP contribution in [0.1, 0.15) is 34.8 Å². The predicted molar refractivity (Wildman–Crippen MR) is 151 cm³/mol. The summed E-state index contributed by atoms with van der Waals surface area (Å²) in [5.41, 5.74) is 5.51. The number of esters is 1. The van der Waals surface area contributed by atoms with Crippen molar-refractivity contribution in [3.05, 3.63) is 22.8 Å². The Bertz CT molecular complexity index is 1330. The fraction of sp³-hybridized carbons (Fsp3) is 0.538. The third kappa shape index (κ3) is 7.68. The van der Waals surface area contributed by atoms with Crippen LogP contribution < -0.4 is 21.7 Å². The van der Waals surface area contributed by atoms with Crippen LogP contribution in [0.2, 0.25) is 0 Å². The molecule has 2 heterocycles. The highest BCUT2D eigenvalue weighted by Crippen LogP contribution is 2.35. The smallest absolute Gasteiger partial charge is 0.339 e. The number of carbonyl (C=O) groups excluding carboxylic acids is 5. The molecule has 44 heavy (non-hydrogen) atoms. The first-order valence-electron chi connectivity index (χ1n) is 13.5. The molecule has 1 unspecified atom stereocenters. The number of benzene rings is 1. The number of phenols is 2. The maximum atomic E-state index is 13.4. The average Bonchev–Trinajstić information content (AvgIpc) is 3.36. The van der Waals surface area contributed by atoms with Crippen LogP contribution in [0.3, 0.4) is 0 Å². The minimum atomic E-state index is -1.70. The number of aliphatic hydroxyl groups excluding tert-OH is 2. The van der Waals surface area contributed by atoms with Crippen molar-refractivity contribution >= 4 is 47.3 Å². The fourth-order valence-corrected chi connectivity index (χ4v) is 5.73. The molecule has 1 aromatic carbocycles. The summed E-state index contributed by atoms with van der Waals surface area (Å²) in [4.78, 5) is 77.7. The second-order valence-electron chi connectivity index (χ2n) is 10.3. The zero-order chi connectivity index (χ0) is 32.9. The van der Waals surface area contributed by atoms with E-state index in [4.69, 9.17) is 10.5 Å². The Kier molecular flexibility index (Phi) is 11.4. The molecule has 1 fully saturated rings. The summed E-state index contributed by atoms with van der Waals surface area (Å²) in [6, 6.07) is -6.26. The molecule has 6 atom stereocenters. The van der Waals surface area contributed by atoms with Crippen LogP contribution in [-0.4, -0.2) is 128 Å². The Hall–Kier alpha value is -4.13. The number of aliphatic hydroxyl groups is 2. The molecule has 2 aliphatic rings. The number of thioether (sulfide) groups is 1. The average molecular weight is 642 g/mol. The number of likely N-dealkylation sites (tertiary alicyclic amines) is 1. The van der Waals surface area contributed by atoms with Gasteiger partial charge < -0.3 is 56.9 Å². The minimum Gasteiger partial charge on any atom is -0.508 e. The molecular weight excluding hydrogens is 606 g/mol. The Morgan fingerprint density at radius 3 is 2.52 bits per heavy atom. The van der Waals surface area contributed by atoms with E-state index in [1.807, 2.05) is 0 Å². The van der Waals surface area contributed by atoms with Crippen molar-refractivity contribution in [2.45, 2.75) is 62.3 Å². The van der Waals surface area contributed by atoms with E-state index >= 15 is 0 Å². The molecule has 1 saturated heterocycles. The second kappa shape index (κ2) is 14.6. The lowest BCUT2D eigenvalue weighted by atomic mass is 10.0. The molecule has 0 aromatic heterocycles. The lowest BCUT2D eigenvalue weighted by Gasteiger charge is -2.29. The molecule has 2 aliphatic heterocycles. The first-order chi connectivity index (χ1) is 20.7. The Balaban J connectivity index is 1.96. The molecule has 0 bridgehead atoms. The van der Waals surface area contributed by atoms with Crippen molar-refractivity contribution in [2.75, 3.05) is 25.5 Å². The highest BCUT2D eigenvalue weighted by Gasteiger charge is 2.43. The maximum Gasteiger partial charge on any atom is 0.339 e. The van der Waals surface area contributed by atoms with E-state index in [2.05, 4.69) is 16.0 Å². The lowest BCUT2D eigenvalue weighted by molar-refractivity contribution is -0.143. The highest BCUT2D eigenvalue weighted by molar-refractivity contribution is 7.98. The Labute approximate surface area is 255 Å². The Morgan fingerprint density at radius 1 is 1.20 bits per heavy atom. The normalized spacial score (nSPS) is 24.0. The number of rotatable bonds is 7. The Morgan fingerprint density at radius 2 is 1.89 bits per heavy atom. The van der Waals surface area contributed by atoms with E-state index in [9.17, 15) is 54.3 Å². The van der Waals surface area contributed by atoms with Crippen LogP contribution in [0.25, 0.3) is 0 Å². The number of aromatic hydroxyl groups is 2. The quantitative estimate of drug-likeness (QED) is 0.132. The summed E-state index contributed by atoms with van der Waals surface area (Å²) in [6.45, 7) is 0.965. The summed E-state index contributed by atoms with van der Waals surface area (Å²) >= 11 is 0.990. The number of nitrogens with zero attached hydrogens (tertiary/aromatic N) is 1. The van der Waals surface area contributed by atoms with E-state index in [0.717, 1.165) is 22.7 Å². The van der Waals surface area contributed by atoms with Gasteiger partial charge in [-0.05, 0) is 20.3 Å². The number of cyclic esters (lactones) is 1. The van der Waals surface area contributed by atoms with Gasteiger partial charge in [-0.25, -0.2) is 4.79 Å². The van der Waals surface area contributed by atoms with Crippen LogP contribution in [0.15, 0.2) is 6.07 Å². The summed E-state index contributed by atoms with van der Waals surface area (Å²) in [5.74, 6) is -7.27. The number of aliphatic carboxylic acids is 1. The van der Waals surface area contributed by atoms with Gasteiger partial charge in [-0.3, -0.25) is 24.0 Å². The number of phenolic OH excluding ortho intramolecular Hbond substituents is 2. The van der Waals surface area contributed by atoms with Gasteiger partial charge in [-0.15, -0.1) is 0 Å². The molecule has 242 valence electrons. The van der Waals surface area contributed by atoms with Gasteiger partial charge in [0.05, 0.1) is 18.3 Å². The zero-order valence-electron chi connectivity index (χ0n) is 23.8. The number of nitrogens with one attached hydrogen (secondary N) is 3. The van der Waals surface area contributed by atoms with E-state index in [1.54, 1.807) is 0 Å². The van der Waals surface area contributed by atoms with Gasteiger partial charge in [-0.1, -0.05) is 0 Å². The van der Waals surface area contributed by atoms with E-state index in [-0.39, 0.29) is 41.2 Å². The first-order valence-corrected chi connectivity index (χ1v) is 14.6. The summed E-state index contributed by atoms with van der Waals surface area (Å²) in [6.07, 6.45) is -1.38. The number of hydrogen-bond acceptors (Lipinski definition) is 13. The van der Waals surface area contributed by atoms with Gasteiger partial charge in [0, 0.05) is 35.2 Å². The third-order valence-electron chi connectivity index (χ3n) is 7.19.